The van der Waals surface area contributed by atoms with Crippen LogP contribution in [0.25, 0.3) is 0 Å². The summed E-state index contributed by atoms with van der Waals surface area (Å²) in [6.07, 6.45) is -3.88. The van der Waals surface area contributed by atoms with Gasteiger partial charge in [0.2, 0.25) is 0 Å². The molecule has 0 aromatic heterocycles. The summed E-state index contributed by atoms with van der Waals surface area (Å²) >= 11 is 0. The van der Waals surface area contributed by atoms with Crippen LogP contribution in [0.4, 0.5) is 4.39 Å². The highest BCUT2D eigenvalue weighted by Gasteiger charge is 2.55. The molecule has 7 nitrogen and oxygen atoms in total. The van der Waals surface area contributed by atoms with Crippen LogP contribution >= 0.6 is 0 Å². The van der Waals surface area contributed by atoms with Gasteiger partial charge in [-0.3, -0.25) is 4.79 Å². The highest BCUT2D eigenvalue weighted by molar-refractivity contribution is 6.08. The third-order valence-electron chi connectivity index (χ3n) is 6.85. The van der Waals surface area contributed by atoms with Gasteiger partial charge in [-0.2, -0.15) is 0 Å². The van der Waals surface area contributed by atoms with Crippen molar-refractivity contribution in [1.29, 1.82) is 0 Å². The summed E-state index contributed by atoms with van der Waals surface area (Å²) in [7, 11) is 3.04. The van der Waals surface area contributed by atoms with Crippen molar-refractivity contribution < 1.29 is 38.0 Å². The molecule has 0 bridgehead atoms. The molecule has 2 aromatic rings. The number of carbonyl (C=O) groups excluding carboxylic acids is 1. The van der Waals surface area contributed by atoms with Crippen molar-refractivity contribution in [2.45, 2.75) is 50.2 Å². The zero-order chi connectivity index (χ0) is 23.0. The van der Waals surface area contributed by atoms with Crippen LogP contribution in [-0.4, -0.2) is 49.5 Å². The molecule has 0 saturated carbocycles. The molecular weight excluding hydrogens is 419 g/mol. The first-order valence-corrected chi connectivity index (χ1v) is 10.4. The smallest absolute Gasteiger partial charge is 0.180 e. The maximum absolute atomic E-state index is 15.3. The van der Waals surface area contributed by atoms with Gasteiger partial charge in [-0.05, 0) is 39.0 Å². The van der Waals surface area contributed by atoms with Crippen molar-refractivity contribution in [3.8, 4) is 28.7 Å². The lowest BCUT2D eigenvalue weighted by Gasteiger charge is -2.46. The standard InChI is InChI=1S/C24H25FO7/c1-23(2)22(27)19(25)18-13(32-23)7-6-11-20(18)31-17-10-30-14-9-16(29-5)15(28-4)8-12(14)24(17,3)21(11)26/h6-9,17,19,22,27H,10H2,1-5H3/t17-,19?,22?,24+/m1/s1. The van der Waals surface area contributed by atoms with E-state index in [1.165, 1.54) is 14.2 Å². The molecule has 0 aliphatic carbocycles. The molecule has 5 rings (SSSR count). The van der Waals surface area contributed by atoms with E-state index in [2.05, 4.69) is 0 Å². The molecule has 4 atom stereocenters. The number of benzene rings is 2. The highest BCUT2D eigenvalue weighted by Crippen LogP contribution is 2.54. The third kappa shape index (κ3) is 2.59. The maximum atomic E-state index is 15.3. The van der Waals surface area contributed by atoms with E-state index in [0.29, 0.717) is 22.8 Å². The first kappa shape index (κ1) is 20.9. The molecule has 0 radical (unpaired) electrons. The minimum absolute atomic E-state index is 0.0582. The van der Waals surface area contributed by atoms with Gasteiger partial charge in [0.1, 0.15) is 41.7 Å². The number of ether oxygens (including phenoxy) is 5. The number of alkyl halides is 1. The van der Waals surface area contributed by atoms with Gasteiger partial charge in [-0.15, -0.1) is 0 Å². The summed E-state index contributed by atoms with van der Waals surface area (Å²) in [4.78, 5) is 13.9. The summed E-state index contributed by atoms with van der Waals surface area (Å²) in [5.74, 6) is 1.58. The van der Waals surface area contributed by atoms with Crippen LogP contribution in [0.15, 0.2) is 24.3 Å². The highest BCUT2D eigenvalue weighted by atomic mass is 19.1. The van der Waals surface area contributed by atoms with Crippen molar-refractivity contribution in [2.24, 2.45) is 0 Å². The Morgan fingerprint density at radius 1 is 1.09 bits per heavy atom. The second kappa shape index (κ2) is 6.75. The number of hydrogen-bond acceptors (Lipinski definition) is 7. The number of Topliss-reactive ketones (excluding diaryl/α,β-unsaturated/α-hetero) is 1. The van der Waals surface area contributed by atoms with E-state index in [1.54, 1.807) is 45.0 Å². The fraction of sp³-hybridized carbons (Fsp3) is 0.458. The predicted octanol–water partition coefficient (Wildman–Crippen LogP) is 3.54. The number of rotatable bonds is 2. The normalized spacial score (nSPS) is 29.2. The van der Waals surface area contributed by atoms with Crippen molar-refractivity contribution in [3.05, 3.63) is 41.0 Å². The molecule has 3 aliphatic rings. The summed E-state index contributed by atoms with van der Waals surface area (Å²) < 4.78 is 44.1. The molecule has 3 heterocycles. The number of fused-ring (bicyclic) bond motifs is 6. The lowest BCUT2D eigenvalue weighted by Crippen LogP contribution is -2.56. The van der Waals surface area contributed by atoms with Crippen LogP contribution in [0.5, 0.6) is 28.7 Å². The molecule has 0 fully saturated rings. The topological polar surface area (TPSA) is 83.5 Å². The predicted molar refractivity (Wildman–Crippen MR) is 112 cm³/mol. The molecule has 32 heavy (non-hydrogen) atoms. The monoisotopic (exact) mass is 444 g/mol. The molecule has 2 aromatic carbocycles. The zero-order valence-electron chi connectivity index (χ0n) is 18.5. The van der Waals surface area contributed by atoms with Crippen molar-refractivity contribution >= 4 is 5.78 Å². The van der Waals surface area contributed by atoms with E-state index >= 15 is 4.39 Å². The Labute approximate surface area is 185 Å². The molecule has 0 amide bonds. The first-order valence-electron chi connectivity index (χ1n) is 10.4. The largest absolute Gasteiger partial charge is 0.493 e. The van der Waals surface area contributed by atoms with E-state index in [-0.39, 0.29) is 35.0 Å². The first-order chi connectivity index (χ1) is 15.1. The van der Waals surface area contributed by atoms with E-state index in [0.717, 1.165) is 0 Å². The Balaban J connectivity index is 1.67. The minimum atomic E-state index is -1.76. The SMILES string of the molecule is COc1cc2c(cc1OC)[C@]1(C)C(=O)c3ccc4c(c3O[C@@H]1CO2)C(F)C(O)C(C)(C)O4. The van der Waals surface area contributed by atoms with Crippen LogP contribution in [0, 0.1) is 0 Å². The van der Waals surface area contributed by atoms with E-state index < -0.39 is 29.4 Å². The van der Waals surface area contributed by atoms with Gasteiger partial charge in [-0.25, -0.2) is 4.39 Å². The lowest BCUT2D eigenvalue weighted by atomic mass is 9.68. The Morgan fingerprint density at radius 3 is 2.47 bits per heavy atom. The van der Waals surface area contributed by atoms with Gasteiger partial charge in [0.05, 0.1) is 30.8 Å². The second-order valence-corrected chi connectivity index (χ2v) is 9.06. The molecule has 3 aliphatic heterocycles. The van der Waals surface area contributed by atoms with Crippen molar-refractivity contribution in [3.63, 3.8) is 0 Å². The van der Waals surface area contributed by atoms with E-state index in [1.807, 2.05) is 0 Å². The molecule has 2 unspecified atom stereocenters. The van der Waals surface area contributed by atoms with Crippen LogP contribution in [-0.2, 0) is 5.41 Å². The Hall–Kier alpha value is -3.00. The molecule has 0 spiro atoms. The number of hydrogen-bond donors (Lipinski definition) is 1. The third-order valence-corrected chi connectivity index (χ3v) is 6.85. The quantitative estimate of drug-likeness (QED) is 0.759. The van der Waals surface area contributed by atoms with Gasteiger partial charge in [0, 0.05) is 11.6 Å². The molecule has 8 heteroatoms. The number of aliphatic hydroxyl groups excluding tert-OH is 1. The fourth-order valence-corrected chi connectivity index (χ4v) is 4.82. The number of aliphatic hydroxyl groups is 1. The lowest BCUT2D eigenvalue weighted by molar-refractivity contribution is -0.0882. The van der Waals surface area contributed by atoms with Crippen LogP contribution < -0.4 is 23.7 Å². The second-order valence-electron chi connectivity index (χ2n) is 9.06. The molecule has 170 valence electrons. The van der Waals surface area contributed by atoms with Gasteiger partial charge in [0.25, 0.3) is 0 Å². The summed E-state index contributed by atoms with van der Waals surface area (Å²) in [5, 5.41) is 10.4. The zero-order valence-corrected chi connectivity index (χ0v) is 18.5. The van der Waals surface area contributed by atoms with Gasteiger partial charge in [-0.1, -0.05) is 0 Å². The molecular formula is C24H25FO7. The minimum Gasteiger partial charge on any atom is -0.493 e. The molecule has 0 saturated heterocycles. The van der Waals surface area contributed by atoms with Crippen molar-refractivity contribution in [1.82, 2.24) is 0 Å². The van der Waals surface area contributed by atoms with E-state index in [9.17, 15) is 9.90 Å². The molecule has 1 N–H and O–H groups in total. The average Bonchev–Trinajstić information content (AvgIpc) is 2.77. The maximum Gasteiger partial charge on any atom is 0.180 e. The Kier molecular flexibility index (Phi) is 4.40. The van der Waals surface area contributed by atoms with E-state index in [4.69, 9.17) is 23.7 Å². The summed E-state index contributed by atoms with van der Waals surface area (Å²) in [5.41, 5.74) is -1.30. The van der Waals surface area contributed by atoms with Crippen LogP contribution in [0.2, 0.25) is 0 Å². The Bertz CT molecular complexity index is 1130. The fourth-order valence-electron chi connectivity index (χ4n) is 4.82. The summed E-state index contributed by atoms with van der Waals surface area (Å²) in [6, 6.07) is 6.57. The number of methoxy groups -OCH3 is 2. The number of ketones is 1. The number of halogens is 1. The van der Waals surface area contributed by atoms with Crippen LogP contribution in [0.3, 0.4) is 0 Å². The summed E-state index contributed by atoms with van der Waals surface area (Å²) in [6.45, 7) is 5.10. The van der Waals surface area contributed by atoms with Crippen LogP contribution in [0.1, 0.15) is 48.4 Å². The van der Waals surface area contributed by atoms with Gasteiger partial charge >= 0.3 is 0 Å². The van der Waals surface area contributed by atoms with Gasteiger partial charge in [0.15, 0.2) is 23.5 Å². The Morgan fingerprint density at radius 2 is 1.78 bits per heavy atom. The average molecular weight is 444 g/mol. The van der Waals surface area contributed by atoms with Crippen molar-refractivity contribution in [2.75, 3.05) is 20.8 Å². The number of carbonyl (C=O) groups is 1. The van der Waals surface area contributed by atoms with Gasteiger partial charge < -0.3 is 28.8 Å².